The lowest BCUT2D eigenvalue weighted by Crippen LogP contribution is -2.27. The third-order valence-corrected chi connectivity index (χ3v) is 5.25. The van der Waals surface area contributed by atoms with E-state index in [1.54, 1.807) is 12.0 Å². The lowest BCUT2D eigenvalue weighted by molar-refractivity contribution is -0.130. The Morgan fingerprint density at radius 3 is 2.39 bits per heavy atom. The van der Waals surface area contributed by atoms with E-state index in [4.69, 9.17) is 9.88 Å². The normalized spacial score (nSPS) is 11.3. The van der Waals surface area contributed by atoms with Crippen molar-refractivity contribution in [3.8, 4) is 5.75 Å². The van der Waals surface area contributed by atoms with Gasteiger partial charge in [-0.25, -0.2) is 13.6 Å². The fourth-order valence-corrected chi connectivity index (χ4v) is 3.83. The van der Waals surface area contributed by atoms with Crippen LogP contribution in [0.5, 0.6) is 5.75 Å². The first-order valence-electron chi connectivity index (χ1n) is 6.78. The van der Waals surface area contributed by atoms with Crippen LogP contribution in [0.3, 0.4) is 0 Å². The Labute approximate surface area is 139 Å². The third kappa shape index (κ3) is 4.78. The van der Waals surface area contributed by atoms with E-state index in [-0.39, 0.29) is 10.8 Å². The first-order chi connectivity index (χ1) is 10.8. The minimum absolute atomic E-state index is 0.0745. The first-order valence-corrected chi connectivity index (χ1v) is 9.21. The SMILES string of the molecule is COc1ccc(CN(Cc2cc(S(N)(=O)=O)cs2)C(C)=O)cc1. The molecule has 6 nitrogen and oxygen atoms in total. The lowest BCUT2D eigenvalue weighted by atomic mass is 10.2. The maximum atomic E-state index is 11.8. The van der Waals surface area contributed by atoms with Crippen LogP contribution in [0.1, 0.15) is 17.4 Å². The van der Waals surface area contributed by atoms with Gasteiger partial charge >= 0.3 is 0 Å². The van der Waals surface area contributed by atoms with Crippen LogP contribution < -0.4 is 9.88 Å². The van der Waals surface area contributed by atoms with Gasteiger partial charge in [-0.3, -0.25) is 4.79 Å². The molecular weight excluding hydrogens is 336 g/mol. The summed E-state index contributed by atoms with van der Waals surface area (Å²) in [5.74, 6) is 0.658. The number of nitrogens with zero attached hydrogens (tertiary/aromatic N) is 1. The summed E-state index contributed by atoms with van der Waals surface area (Å²) in [7, 11) is -2.12. The molecule has 23 heavy (non-hydrogen) atoms. The van der Waals surface area contributed by atoms with Crippen molar-refractivity contribution in [1.82, 2.24) is 4.90 Å². The smallest absolute Gasteiger partial charge is 0.238 e. The molecule has 124 valence electrons. The quantitative estimate of drug-likeness (QED) is 0.858. The lowest BCUT2D eigenvalue weighted by Gasteiger charge is -2.20. The third-order valence-electron chi connectivity index (χ3n) is 3.28. The van der Waals surface area contributed by atoms with Crippen molar-refractivity contribution >= 4 is 27.3 Å². The van der Waals surface area contributed by atoms with Crippen molar-refractivity contribution < 1.29 is 17.9 Å². The minimum Gasteiger partial charge on any atom is -0.497 e. The van der Waals surface area contributed by atoms with Gasteiger partial charge in [0, 0.05) is 23.7 Å². The molecule has 0 aliphatic rings. The fraction of sp³-hybridized carbons (Fsp3) is 0.267. The summed E-state index contributed by atoms with van der Waals surface area (Å²) in [6, 6.07) is 8.94. The highest BCUT2D eigenvalue weighted by Gasteiger charge is 2.15. The predicted octanol–water partition coefficient (Wildman–Crippen LogP) is 1.95. The molecule has 2 N–H and O–H groups in total. The van der Waals surface area contributed by atoms with Gasteiger partial charge in [0.1, 0.15) is 5.75 Å². The number of hydrogen-bond acceptors (Lipinski definition) is 5. The molecular formula is C15H18N2O4S2. The summed E-state index contributed by atoms with van der Waals surface area (Å²) in [4.78, 5) is 14.3. The number of primary sulfonamides is 1. The van der Waals surface area contributed by atoms with Gasteiger partial charge in [-0.2, -0.15) is 0 Å². The van der Waals surface area contributed by atoms with Crippen molar-refractivity contribution in [3.63, 3.8) is 0 Å². The Morgan fingerprint density at radius 2 is 1.91 bits per heavy atom. The van der Waals surface area contributed by atoms with Crippen LogP contribution in [-0.4, -0.2) is 26.3 Å². The second kappa shape index (κ2) is 7.12. The Bertz CT molecular complexity index is 782. The van der Waals surface area contributed by atoms with Gasteiger partial charge in [0.15, 0.2) is 0 Å². The van der Waals surface area contributed by atoms with E-state index in [0.717, 1.165) is 16.2 Å². The number of rotatable bonds is 6. The maximum Gasteiger partial charge on any atom is 0.238 e. The number of hydrogen-bond donors (Lipinski definition) is 1. The van der Waals surface area contributed by atoms with Crippen molar-refractivity contribution in [1.29, 1.82) is 0 Å². The van der Waals surface area contributed by atoms with E-state index in [9.17, 15) is 13.2 Å². The second-order valence-electron chi connectivity index (χ2n) is 5.02. The molecule has 0 unspecified atom stereocenters. The summed E-state index contributed by atoms with van der Waals surface area (Å²) in [6.07, 6.45) is 0. The van der Waals surface area contributed by atoms with Crippen LogP contribution in [0.25, 0.3) is 0 Å². The molecule has 1 heterocycles. The molecule has 8 heteroatoms. The summed E-state index contributed by atoms with van der Waals surface area (Å²) in [5, 5.41) is 6.58. The van der Waals surface area contributed by atoms with Crippen molar-refractivity contribution in [2.45, 2.75) is 24.9 Å². The largest absolute Gasteiger partial charge is 0.497 e. The van der Waals surface area contributed by atoms with Crippen LogP contribution in [0.4, 0.5) is 0 Å². The molecule has 0 spiro atoms. The topological polar surface area (TPSA) is 89.7 Å². The van der Waals surface area contributed by atoms with Crippen molar-refractivity contribution in [3.05, 3.63) is 46.2 Å². The summed E-state index contributed by atoms with van der Waals surface area (Å²) in [5.41, 5.74) is 0.962. The average molecular weight is 354 g/mol. The highest BCUT2D eigenvalue weighted by atomic mass is 32.2. The standard InChI is InChI=1S/C15H18N2O4S2/c1-11(18)17(8-12-3-5-13(21-2)6-4-12)9-14-7-15(10-22-14)23(16,19)20/h3-7,10H,8-9H2,1-2H3,(H2,16,19,20). The van der Waals surface area contributed by atoms with Gasteiger partial charge in [0.05, 0.1) is 18.6 Å². The summed E-state index contributed by atoms with van der Waals surface area (Å²) >= 11 is 1.27. The zero-order chi connectivity index (χ0) is 17.0. The zero-order valence-electron chi connectivity index (χ0n) is 12.9. The number of nitrogens with two attached hydrogens (primary N) is 1. The molecule has 0 aliphatic carbocycles. The van der Waals surface area contributed by atoms with Gasteiger partial charge in [0.2, 0.25) is 15.9 Å². The van der Waals surface area contributed by atoms with Crippen LogP contribution in [0.2, 0.25) is 0 Å². The molecule has 0 fully saturated rings. The number of benzene rings is 1. The Hall–Kier alpha value is -1.90. The van der Waals surface area contributed by atoms with E-state index >= 15 is 0 Å². The molecule has 0 bridgehead atoms. The molecule has 0 saturated carbocycles. The number of sulfonamides is 1. The van der Waals surface area contributed by atoms with Gasteiger partial charge in [-0.1, -0.05) is 12.1 Å². The number of ether oxygens (including phenoxy) is 1. The molecule has 0 aliphatic heterocycles. The zero-order valence-corrected chi connectivity index (χ0v) is 14.5. The average Bonchev–Trinajstić information content (AvgIpc) is 2.96. The van der Waals surface area contributed by atoms with E-state index in [1.807, 2.05) is 24.3 Å². The molecule has 0 saturated heterocycles. The van der Waals surface area contributed by atoms with Crippen LogP contribution >= 0.6 is 11.3 Å². The monoisotopic (exact) mass is 354 g/mol. The molecule has 0 radical (unpaired) electrons. The van der Waals surface area contributed by atoms with Gasteiger partial charge in [-0.05, 0) is 23.8 Å². The van der Waals surface area contributed by atoms with Crippen LogP contribution in [0.15, 0.2) is 40.6 Å². The highest BCUT2D eigenvalue weighted by Crippen LogP contribution is 2.21. The Kier molecular flexibility index (Phi) is 5.40. The predicted molar refractivity (Wildman–Crippen MR) is 88.6 cm³/mol. The van der Waals surface area contributed by atoms with Crippen LogP contribution in [-0.2, 0) is 27.9 Å². The van der Waals surface area contributed by atoms with Gasteiger partial charge < -0.3 is 9.64 Å². The number of carbonyl (C=O) groups is 1. The number of thiophene rings is 1. The van der Waals surface area contributed by atoms with E-state index < -0.39 is 10.0 Å². The highest BCUT2D eigenvalue weighted by molar-refractivity contribution is 7.89. The Morgan fingerprint density at radius 1 is 1.26 bits per heavy atom. The number of amides is 1. The fourth-order valence-electron chi connectivity index (χ4n) is 2.01. The van der Waals surface area contributed by atoms with E-state index in [0.29, 0.717) is 13.1 Å². The Balaban J connectivity index is 2.12. The molecule has 2 rings (SSSR count). The summed E-state index contributed by atoms with van der Waals surface area (Å²) < 4.78 is 27.7. The van der Waals surface area contributed by atoms with Crippen molar-refractivity contribution in [2.24, 2.45) is 5.14 Å². The molecule has 0 atom stereocenters. The van der Waals surface area contributed by atoms with E-state index in [1.165, 1.54) is 29.7 Å². The maximum absolute atomic E-state index is 11.8. The first kappa shape index (κ1) is 17.5. The van der Waals surface area contributed by atoms with Crippen LogP contribution in [0, 0.1) is 0 Å². The molecule has 2 aromatic rings. The second-order valence-corrected chi connectivity index (χ2v) is 7.57. The molecule has 1 aromatic heterocycles. The number of methoxy groups -OCH3 is 1. The van der Waals surface area contributed by atoms with Gasteiger partial charge in [0.25, 0.3) is 0 Å². The van der Waals surface area contributed by atoms with Gasteiger partial charge in [-0.15, -0.1) is 11.3 Å². The number of carbonyl (C=O) groups excluding carboxylic acids is 1. The van der Waals surface area contributed by atoms with E-state index in [2.05, 4.69) is 0 Å². The summed E-state index contributed by atoms with van der Waals surface area (Å²) in [6.45, 7) is 2.25. The molecule has 1 aromatic carbocycles. The van der Waals surface area contributed by atoms with Crippen molar-refractivity contribution in [2.75, 3.05) is 7.11 Å². The molecule has 1 amide bonds. The minimum atomic E-state index is -3.71.